The second-order valence-corrected chi connectivity index (χ2v) is 9.13. The molecule has 0 unspecified atom stereocenters. The van der Waals surface area contributed by atoms with E-state index in [0.29, 0.717) is 5.46 Å². The van der Waals surface area contributed by atoms with Crippen LogP contribution in [0.1, 0.15) is 102 Å². The molecular formula is C27H39BO2. The van der Waals surface area contributed by atoms with Crippen molar-refractivity contribution in [3.63, 3.8) is 0 Å². The molecule has 0 spiro atoms. The zero-order valence-electron chi connectivity index (χ0n) is 19.0. The van der Waals surface area contributed by atoms with Gasteiger partial charge in [-0.15, -0.1) is 0 Å². The zero-order valence-corrected chi connectivity index (χ0v) is 19.0. The topological polar surface area (TPSA) is 40.5 Å². The van der Waals surface area contributed by atoms with Crippen LogP contribution in [0.25, 0.3) is 11.1 Å². The van der Waals surface area contributed by atoms with Crippen LogP contribution >= 0.6 is 0 Å². The summed E-state index contributed by atoms with van der Waals surface area (Å²) in [5, 5.41) is 19.7. The van der Waals surface area contributed by atoms with Crippen molar-refractivity contribution in [2.75, 3.05) is 0 Å². The lowest BCUT2D eigenvalue weighted by atomic mass is 9.68. The average molecular weight is 406 g/mol. The molecule has 30 heavy (non-hydrogen) atoms. The summed E-state index contributed by atoms with van der Waals surface area (Å²) in [6, 6.07) is 14.9. The van der Waals surface area contributed by atoms with Gasteiger partial charge in [-0.05, 0) is 40.6 Å². The molecule has 0 aliphatic heterocycles. The quantitative estimate of drug-likeness (QED) is 0.300. The molecular weight excluding hydrogens is 367 g/mol. The van der Waals surface area contributed by atoms with E-state index in [4.69, 9.17) is 0 Å². The van der Waals surface area contributed by atoms with E-state index in [1.54, 1.807) is 0 Å². The fourth-order valence-electron chi connectivity index (χ4n) is 5.36. The minimum Gasteiger partial charge on any atom is -0.423 e. The Hall–Kier alpha value is -1.58. The highest BCUT2D eigenvalue weighted by Gasteiger charge is 2.42. The van der Waals surface area contributed by atoms with Crippen molar-refractivity contribution in [2.45, 2.75) is 96.3 Å². The van der Waals surface area contributed by atoms with E-state index in [1.165, 1.54) is 86.5 Å². The molecule has 0 radical (unpaired) electrons. The van der Waals surface area contributed by atoms with Crippen molar-refractivity contribution in [3.05, 3.63) is 53.6 Å². The van der Waals surface area contributed by atoms with E-state index in [0.717, 1.165) is 12.8 Å². The Bertz CT molecular complexity index is 785. The van der Waals surface area contributed by atoms with Crippen molar-refractivity contribution in [2.24, 2.45) is 0 Å². The second kappa shape index (κ2) is 11.2. The second-order valence-electron chi connectivity index (χ2n) is 9.13. The number of unbranched alkanes of at least 4 members (excludes halogenated alkanes) is 8. The summed E-state index contributed by atoms with van der Waals surface area (Å²) >= 11 is 0. The summed E-state index contributed by atoms with van der Waals surface area (Å²) in [5.74, 6) is 0. The molecule has 0 aromatic heterocycles. The monoisotopic (exact) mass is 406 g/mol. The minimum atomic E-state index is -1.41. The molecule has 2 aromatic rings. The third-order valence-corrected chi connectivity index (χ3v) is 7.00. The lowest BCUT2D eigenvalue weighted by Gasteiger charge is -2.33. The normalized spacial score (nSPS) is 13.9. The molecule has 0 amide bonds. The highest BCUT2D eigenvalue weighted by molar-refractivity contribution is 6.58. The first kappa shape index (κ1) is 23.1. The maximum atomic E-state index is 9.84. The van der Waals surface area contributed by atoms with Gasteiger partial charge in [0, 0.05) is 5.41 Å². The van der Waals surface area contributed by atoms with Crippen LogP contribution in [-0.2, 0) is 5.41 Å². The van der Waals surface area contributed by atoms with Crippen LogP contribution in [0.4, 0.5) is 0 Å². The smallest absolute Gasteiger partial charge is 0.423 e. The fraction of sp³-hybridized carbons (Fsp3) is 0.556. The van der Waals surface area contributed by atoms with Gasteiger partial charge in [0.15, 0.2) is 0 Å². The van der Waals surface area contributed by atoms with Crippen molar-refractivity contribution in [1.82, 2.24) is 0 Å². The molecule has 3 rings (SSSR count). The standard InChI is InChI=1S/C27H39BO2/c1-3-5-7-9-13-19-27(20-14-10-8-6-4-2)25-16-12-11-15-23(25)24-18-17-22(28(29)30)21-26(24)27/h11-12,15-18,21,29-30H,3-10,13-14,19-20H2,1-2H3. The summed E-state index contributed by atoms with van der Waals surface area (Å²) in [6.07, 6.45) is 15.1. The molecule has 3 heteroatoms. The van der Waals surface area contributed by atoms with Gasteiger partial charge in [0.2, 0.25) is 0 Å². The molecule has 2 N–H and O–H groups in total. The highest BCUT2D eigenvalue weighted by atomic mass is 16.4. The van der Waals surface area contributed by atoms with Crippen LogP contribution in [0.2, 0.25) is 0 Å². The SMILES string of the molecule is CCCCCCCC1(CCCCCCC)c2ccccc2-c2ccc(B(O)O)cc21. The van der Waals surface area contributed by atoms with E-state index in [9.17, 15) is 10.0 Å². The maximum absolute atomic E-state index is 9.84. The molecule has 2 nitrogen and oxygen atoms in total. The van der Waals surface area contributed by atoms with Crippen LogP contribution in [0.15, 0.2) is 42.5 Å². The Morgan fingerprint density at radius 2 is 1.23 bits per heavy atom. The number of rotatable bonds is 13. The summed E-state index contributed by atoms with van der Waals surface area (Å²) < 4.78 is 0. The number of fused-ring (bicyclic) bond motifs is 3. The van der Waals surface area contributed by atoms with Gasteiger partial charge in [0.25, 0.3) is 0 Å². The molecule has 0 fully saturated rings. The van der Waals surface area contributed by atoms with E-state index in [-0.39, 0.29) is 5.41 Å². The fourth-order valence-corrected chi connectivity index (χ4v) is 5.36. The molecule has 0 saturated carbocycles. The number of benzene rings is 2. The predicted molar refractivity (Wildman–Crippen MR) is 129 cm³/mol. The van der Waals surface area contributed by atoms with Crippen molar-refractivity contribution in [1.29, 1.82) is 0 Å². The van der Waals surface area contributed by atoms with E-state index in [1.807, 2.05) is 6.07 Å². The van der Waals surface area contributed by atoms with Crippen LogP contribution in [0, 0.1) is 0 Å². The molecule has 162 valence electrons. The Balaban J connectivity index is 1.94. The first-order valence-electron chi connectivity index (χ1n) is 12.2. The van der Waals surface area contributed by atoms with Gasteiger partial charge in [0.1, 0.15) is 0 Å². The van der Waals surface area contributed by atoms with Gasteiger partial charge in [-0.3, -0.25) is 0 Å². The third-order valence-electron chi connectivity index (χ3n) is 7.00. The third kappa shape index (κ3) is 5.00. The molecule has 0 saturated heterocycles. The van der Waals surface area contributed by atoms with Crippen LogP contribution in [0.5, 0.6) is 0 Å². The summed E-state index contributed by atoms with van der Waals surface area (Å²) in [4.78, 5) is 0. The van der Waals surface area contributed by atoms with Gasteiger partial charge in [-0.2, -0.15) is 0 Å². The average Bonchev–Trinajstić information content (AvgIpc) is 3.03. The Kier molecular flexibility index (Phi) is 8.59. The van der Waals surface area contributed by atoms with E-state index >= 15 is 0 Å². The van der Waals surface area contributed by atoms with Crippen LogP contribution < -0.4 is 5.46 Å². The summed E-state index contributed by atoms with van der Waals surface area (Å²) in [7, 11) is -1.41. The molecule has 2 aromatic carbocycles. The van der Waals surface area contributed by atoms with Gasteiger partial charge < -0.3 is 10.0 Å². The Morgan fingerprint density at radius 1 is 0.667 bits per heavy atom. The Labute approximate surface area is 183 Å². The minimum absolute atomic E-state index is 0.00918. The largest absolute Gasteiger partial charge is 0.488 e. The van der Waals surface area contributed by atoms with Gasteiger partial charge in [-0.25, -0.2) is 0 Å². The molecule has 0 bridgehead atoms. The van der Waals surface area contributed by atoms with E-state index < -0.39 is 7.12 Å². The lowest BCUT2D eigenvalue weighted by molar-refractivity contribution is 0.398. The van der Waals surface area contributed by atoms with Crippen molar-refractivity contribution >= 4 is 12.6 Å². The molecule has 0 atom stereocenters. The van der Waals surface area contributed by atoms with Crippen LogP contribution in [-0.4, -0.2) is 17.2 Å². The summed E-state index contributed by atoms with van der Waals surface area (Å²) in [5.41, 5.74) is 6.03. The maximum Gasteiger partial charge on any atom is 0.488 e. The van der Waals surface area contributed by atoms with Gasteiger partial charge in [-0.1, -0.05) is 121 Å². The highest BCUT2D eigenvalue weighted by Crippen LogP contribution is 2.53. The van der Waals surface area contributed by atoms with Gasteiger partial charge >= 0.3 is 7.12 Å². The summed E-state index contributed by atoms with van der Waals surface area (Å²) in [6.45, 7) is 4.53. The molecule has 1 aliphatic rings. The molecule has 1 aliphatic carbocycles. The number of hydrogen-bond donors (Lipinski definition) is 2. The molecule has 0 heterocycles. The van der Waals surface area contributed by atoms with Crippen molar-refractivity contribution in [3.8, 4) is 11.1 Å². The Morgan fingerprint density at radius 3 is 1.83 bits per heavy atom. The number of hydrogen-bond acceptors (Lipinski definition) is 2. The van der Waals surface area contributed by atoms with Crippen LogP contribution in [0.3, 0.4) is 0 Å². The lowest BCUT2D eigenvalue weighted by Crippen LogP contribution is -2.32. The van der Waals surface area contributed by atoms with E-state index in [2.05, 4.69) is 50.2 Å². The van der Waals surface area contributed by atoms with Crippen molar-refractivity contribution < 1.29 is 10.0 Å². The van der Waals surface area contributed by atoms with Gasteiger partial charge in [0.05, 0.1) is 0 Å². The zero-order chi connectivity index (χ0) is 21.4. The first-order chi connectivity index (χ1) is 14.6. The predicted octanol–water partition coefficient (Wildman–Crippen LogP) is 6.35. The first-order valence-corrected chi connectivity index (χ1v) is 12.2.